The van der Waals surface area contributed by atoms with Gasteiger partial charge in [-0.3, -0.25) is 4.79 Å². The van der Waals surface area contributed by atoms with Gasteiger partial charge in [0.25, 0.3) is 0 Å². The number of hydrogen-bond donors (Lipinski definition) is 5. The Labute approximate surface area is 212 Å². The van der Waals surface area contributed by atoms with E-state index in [1.807, 2.05) is 0 Å². The summed E-state index contributed by atoms with van der Waals surface area (Å²) in [5.74, 6) is 0.605. The van der Waals surface area contributed by atoms with E-state index in [-0.39, 0.29) is 17.9 Å². The highest BCUT2D eigenvalue weighted by molar-refractivity contribution is 7.99. The molecule has 0 saturated carbocycles. The summed E-state index contributed by atoms with van der Waals surface area (Å²) in [6, 6.07) is -1.28. The average Bonchev–Trinajstić information content (AvgIpc) is 3.07. The number of alkyl halides is 1. The van der Waals surface area contributed by atoms with Gasteiger partial charge in [0.1, 0.15) is 35.9 Å². The van der Waals surface area contributed by atoms with E-state index < -0.39 is 47.3 Å². The van der Waals surface area contributed by atoms with Gasteiger partial charge >= 0.3 is 0 Å². The predicted molar refractivity (Wildman–Crippen MR) is 133 cm³/mol. The van der Waals surface area contributed by atoms with Crippen LogP contribution in [0.1, 0.15) is 32.6 Å². The fourth-order valence-electron chi connectivity index (χ4n) is 5.43. The Morgan fingerprint density at radius 1 is 1.26 bits per heavy atom. The van der Waals surface area contributed by atoms with Crippen molar-refractivity contribution < 1.29 is 29.6 Å². The Morgan fingerprint density at radius 3 is 2.65 bits per heavy atom. The quantitative estimate of drug-likeness (QED) is 0.265. The highest BCUT2D eigenvalue weighted by Gasteiger charge is 2.49. The van der Waals surface area contributed by atoms with E-state index in [4.69, 9.17) is 21.1 Å². The molecule has 0 spiro atoms. The second-order valence-electron chi connectivity index (χ2n) is 10.2. The Kier molecular flexibility index (Phi) is 10.8. The Hall–Kier alpha value is -0.170. The first-order valence-corrected chi connectivity index (χ1v) is 14.0. The average molecular weight is 524 g/mol. The largest absolute Gasteiger partial charge is 0.388 e. The smallest absolute Gasteiger partial charge is 0.240 e. The van der Waals surface area contributed by atoms with Crippen molar-refractivity contribution in [3.63, 3.8) is 0 Å². The summed E-state index contributed by atoms with van der Waals surface area (Å²) >= 11 is 7.64. The summed E-state index contributed by atoms with van der Waals surface area (Å²) in [4.78, 5) is 15.5. The van der Waals surface area contributed by atoms with Crippen LogP contribution in [0.15, 0.2) is 0 Å². The van der Waals surface area contributed by atoms with Crippen molar-refractivity contribution in [2.75, 3.05) is 40.0 Å². The van der Waals surface area contributed by atoms with Crippen LogP contribution >= 0.6 is 23.4 Å². The Balaban J connectivity index is 1.62. The SMILES string of the molecule is CSC1O[C@H]([C@H](NC(=O)[C@H]2NC[C@@H]3C[C@H](CCCN(C)C)CCO[C@H]32)[C@H](C)Cl)C(O)C(O)[C@H]1O. The molecule has 3 aliphatic rings. The van der Waals surface area contributed by atoms with Crippen molar-refractivity contribution in [2.24, 2.45) is 11.8 Å². The summed E-state index contributed by atoms with van der Waals surface area (Å²) < 4.78 is 12.0. The first-order valence-electron chi connectivity index (χ1n) is 12.3. The number of aliphatic hydroxyl groups is 3. The van der Waals surface area contributed by atoms with Gasteiger partial charge in [-0.1, -0.05) is 0 Å². The number of aliphatic hydroxyl groups excluding tert-OH is 3. The van der Waals surface area contributed by atoms with Gasteiger partial charge in [-0.2, -0.15) is 0 Å². The second kappa shape index (κ2) is 12.9. The molecule has 3 rings (SSSR count). The number of halogens is 1. The third-order valence-corrected chi connectivity index (χ3v) is 8.49. The van der Waals surface area contributed by atoms with Gasteiger partial charge < -0.3 is 40.3 Å². The molecular formula is C23H42ClN3O6S. The highest BCUT2D eigenvalue weighted by Crippen LogP contribution is 2.34. The molecule has 1 amide bonds. The number of thioether (sulfide) groups is 1. The van der Waals surface area contributed by atoms with Crippen molar-refractivity contribution in [3.8, 4) is 0 Å². The fraction of sp³-hybridized carbons (Fsp3) is 0.957. The molecular weight excluding hydrogens is 482 g/mol. The number of ether oxygens (including phenoxy) is 2. The number of carbonyl (C=O) groups is 1. The minimum atomic E-state index is -1.39. The molecule has 5 N–H and O–H groups in total. The van der Waals surface area contributed by atoms with Crippen molar-refractivity contribution in [1.29, 1.82) is 0 Å². The topological polar surface area (TPSA) is 124 Å². The van der Waals surface area contributed by atoms with Crippen LogP contribution in [0.3, 0.4) is 0 Å². The molecule has 3 fully saturated rings. The third kappa shape index (κ3) is 6.77. The van der Waals surface area contributed by atoms with E-state index in [1.54, 1.807) is 13.2 Å². The summed E-state index contributed by atoms with van der Waals surface area (Å²) in [6.07, 6.45) is 0.925. The van der Waals surface area contributed by atoms with Crippen LogP contribution < -0.4 is 10.6 Å². The summed E-state index contributed by atoms with van der Waals surface area (Å²) in [5.41, 5.74) is -0.734. The molecule has 3 saturated heterocycles. The van der Waals surface area contributed by atoms with Gasteiger partial charge in [-0.25, -0.2) is 0 Å². The zero-order chi connectivity index (χ0) is 25.0. The molecule has 0 radical (unpaired) electrons. The molecule has 3 unspecified atom stereocenters. The van der Waals surface area contributed by atoms with Crippen LogP contribution in [0.4, 0.5) is 0 Å². The number of carbonyl (C=O) groups excluding carboxylic acids is 1. The van der Waals surface area contributed by atoms with E-state index in [0.717, 1.165) is 38.8 Å². The van der Waals surface area contributed by atoms with E-state index in [1.165, 1.54) is 11.8 Å². The van der Waals surface area contributed by atoms with Gasteiger partial charge in [-0.15, -0.1) is 23.4 Å². The third-order valence-electron chi connectivity index (χ3n) is 7.36. The van der Waals surface area contributed by atoms with Gasteiger partial charge in [-0.05, 0) is 71.3 Å². The zero-order valence-electron chi connectivity index (χ0n) is 20.6. The van der Waals surface area contributed by atoms with Crippen molar-refractivity contribution in [1.82, 2.24) is 15.5 Å². The number of rotatable bonds is 9. The zero-order valence-corrected chi connectivity index (χ0v) is 22.2. The maximum atomic E-state index is 13.3. The van der Waals surface area contributed by atoms with E-state index in [9.17, 15) is 20.1 Å². The Bertz CT molecular complexity index is 660. The van der Waals surface area contributed by atoms with Gasteiger partial charge in [0.2, 0.25) is 5.91 Å². The minimum Gasteiger partial charge on any atom is -0.388 e. The molecule has 34 heavy (non-hydrogen) atoms. The van der Waals surface area contributed by atoms with E-state index in [0.29, 0.717) is 12.5 Å². The van der Waals surface area contributed by atoms with Crippen LogP contribution in [0, 0.1) is 11.8 Å². The van der Waals surface area contributed by atoms with Crippen LogP contribution in [0.2, 0.25) is 0 Å². The number of hydrogen-bond acceptors (Lipinski definition) is 9. The lowest BCUT2D eigenvalue weighted by Gasteiger charge is -2.44. The normalized spacial score (nSPS) is 40.4. The molecule has 3 aliphatic heterocycles. The molecule has 0 bridgehead atoms. The molecule has 11 atom stereocenters. The van der Waals surface area contributed by atoms with Crippen molar-refractivity contribution >= 4 is 29.3 Å². The van der Waals surface area contributed by atoms with Crippen molar-refractivity contribution in [3.05, 3.63) is 0 Å². The van der Waals surface area contributed by atoms with Crippen LogP contribution in [-0.2, 0) is 14.3 Å². The van der Waals surface area contributed by atoms with Crippen LogP contribution in [-0.4, -0.2) is 120 Å². The molecule has 198 valence electrons. The van der Waals surface area contributed by atoms with Gasteiger partial charge in [0, 0.05) is 13.2 Å². The monoisotopic (exact) mass is 523 g/mol. The standard InChI is InChI=1S/C23H42ClN3O6S/c1-12(24)15(21-18(29)17(28)19(30)23(33-21)34-4)26-22(31)16-20-14(11-25-16)10-13(7-9-32-20)6-5-8-27(2)3/h12-21,23,25,28-30H,5-11H2,1-4H3,(H,26,31)/t12-,13+,14-,15+,16-,17?,18?,19+,20+,21+,23?/m0/s1. The molecule has 0 aromatic carbocycles. The summed E-state index contributed by atoms with van der Waals surface area (Å²) in [5, 5.41) is 36.7. The molecule has 9 nitrogen and oxygen atoms in total. The van der Waals surface area contributed by atoms with Crippen LogP contribution in [0.25, 0.3) is 0 Å². The molecule has 0 aromatic heterocycles. The van der Waals surface area contributed by atoms with Crippen molar-refractivity contribution in [2.45, 2.75) is 86.0 Å². The molecule has 11 heteroatoms. The molecule has 0 aromatic rings. The number of amides is 1. The van der Waals surface area contributed by atoms with E-state index in [2.05, 4.69) is 29.6 Å². The second-order valence-corrected chi connectivity index (χ2v) is 11.8. The fourth-order valence-corrected chi connectivity index (χ4v) is 6.31. The first-order chi connectivity index (χ1) is 16.1. The minimum absolute atomic E-state index is 0.214. The lowest BCUT2D eigenvalue weighted by atomic mass is 9.87. The van der Waals surface area contributed by atoms with Gasteiger partial charge in [0.15, 0.2) is 0 Å². The van der Waals surface area contributed by atoms with Crippen LogP contribution in [0.5, 0.6) is 0 Å². The number of fused-ring (bicyclic) bond motifs is 1. The number of nitrogens with zero attached hydrogens (tertiary/aromatic N) is 1. The molecule has 0 aliphatic carbocycles. The maximum Gasteiger partial charge on any atom is 0.240 e. The lowest BCUT2D eigenvalue weighted by Crippen LogP contribution is -2.65. The summed E-state index contributed by atoms with van der Waals surface area (Å²) in [6.45, 7) is 4.14. The molecule has 3 heterocycles. The summed E-state index contributed by atoms with van der Waals surface area (Å²) in [7, 11) is 4.18. The lowest BCUT2D eigenvalue weighted by molar-refractivity contribution is -0.205. The maximum absolute atomic E-state index is 13.3. The Morgan fingerprint density at radius 2 is 2.00 bits per heavy atom. The predicted octanol–water partition coefficient (Wildman–Crippen LogP) is -0.00590. The highest BCUT2D eigenvalue weighted by atomic mass is 35.5. The van der Waals surface area contributed by atoms with Gasteiger partial charge in [0.05, 0.1) is 17.5 Å². The first kappa shape index (κ1) is 28.4. The number of nitrogens with one attached hydrogen (secondary N) is 2. The van der Waals surface area contributed by atoms with E-state index >= 15 is 0 Å².